The van der Waals surface area contributed by atoms with Crippen LogP contribution in [0, 0.1) is 5.92 Å². The molecule has 0 saturated carbocycles. The normalized spacial score (nSPS) is 26.2. The van der Waals surface area contributed by atoms with E-state index in [1.807, 2.05) is 13.8 Å². The number of amides is 1. The maximum absolute atomic E-state index is 12.2. The number of carbonyl (C=O) groups is 2. The standard InChI is InChI=1S/C15H28N2O3/c1-5-13(8-14(18)19)9-16-15(20)12(4)17-10(2)6-7-11(17)3/h10-13H,5-9H2,1-4H3,(H,16,20)(H,18,19). The number of likely N-dealkylation sites (tertiary alicyclic amines) is 1. The van der Waals surface area contributed by atoms with E-state index in [4.69, 9.17) is 5.11 Å². The summed E-state index contributed by atoms with van der Waals surface area (Å²) in [6.45, 7) is 8.65. The molecule has 1 amide bonds. The Labute approximate surface area is 121 Å². The molecular weight excluding hydrogens is 256 g/mol. The number of carboxylic acids is 1. The van der Waals surface area contributed by atoms with E-state index < -0.39 is 5.97 Å². The Morgan fingerprint density at radius 1 is 1.30 bits per heavy atom. The van der Waals surface area contributed by atoms with E-state index in [-0.39, 0.29) is 24.3 Å². The van der Waals surface area contributed by atoms with Crippen molar-refractivity contribution in [3.63, 3.8) is 0 Å². The Kier molecular flexibility index (Phi) is 6.46. The molecule has 1 rings (SSSR count). The second-order valence-electron chi connectivity index (χ2n) is 6.02. The van der Waals surface area contributed by atoms with E-state index in [0.717, 1.165) is 19.3 Å². The minimum Gasteiger partial charge on any atom is -0.481 e. The fourth-order valence-corrected chi connectivity index (χ4v) is 3.11. The fraction of sp³-hybridized carbons (Fsp3) is 0.867. The summed E-state index contributed by atoms with van der Waals surface area (Å²) >= 11 is 0. The van der Waals surface area contributed by atoms with E-state index in [9.17, 15) is 9.59 Å². The molecule has 116 valence electrons. The molecule has 1 fully saturated rings. The Bertz CT molecular complexity index is 336. The highest BCUT2D eigenvalue weighted by molar-refractivity contribution is 5.81. The molecule has 0 spiro atoms. The molecule has 4 unspecified atom stereocenters. The number of nitrogens with zero attached hydrogens (tertiary/aromatic N) is 1. The smallest absolute Gasteiger partial charge is 0.303 e. The fourth-order valence-electron chi connectivity index (χ4n) is 3.11. The first-order valence-electron chi connectivity index (χ1n) is 7.63. The van der Waals surface area contributed by atoms with Gasteiger partial charge in [-0.25, -0.2) is 0 Å². The van der Waals surface area contributed by atoms with Gasteiger partial charge in [0.25, 0.3) is 0 Å². The number of carbonyl (C=O) groups excluding carboxylic acids is 1. The third-order valence-corrected chi connectivity index (χ3v) is 4.45. The highest BCUT2D eigenvalue weighted by Gasteiger charge is 2.34. The van der Waals surface area contributed by atoms with Crippen LogP contribution < -0.4 is 5.32 Å². The molecule has 1 aliphatic rings. The third kappa shape index (κ3) is 4.47. The van der Waals surface area contributed by atoms with Gasteiger partial charge in [0.1, 0.15) is 0 Å². The summed E-state index contributed by atoms with van der Waals surface area (Å²) in [7, 11) is 0. The summed E-state index contributed by atoms with van der Waals surface area (Å²) in [6.07, 6.45) is 3.14. The van der Waals surface area contributed by atoms with Crippen molar-refractivity contribution in [2.24, 2.45) is 5.92 Å². The lowest BCUT2D eigenvalue weighted by Crippen LogP contribution is -2.49. The second-order valence-corrected chi connectivity index (χ2v) is 6.02. The maximum atomic E-state index is 12.2. The first-order chi connectivity index (χ1) is 9.36. The van der Waals surface area contributed by atoms with Crippen molar-refractivity contribution in [2.75, 3.05) is 6.54 Å². The van der Waals surface area contributed by atoms with Crippen LogP contribution in [0.3, 0.4) is 0 Å². The molecule has 0 radical (unpaired) electrons. The van der Waals surface area contributed by atoms with Crippen LogP contribution in [0.1, 0.15) is 53.4 Å². The minimum atomic E-state index is -0.805. The zero-order valence-electron chi connectivity index (χ0n) is 13.1. The molecule has 0 aromatic rings. The van der Waals surface area contributed by atoms with Crippen LogP contribution in [0.25, 0.3) is 0 Å². The van der Waals surface area contributed by atoms with Crippen LogP contribution in [-0.2, 0) is 9.59 Å². The zero-order chi connectivity index (χ0) is 15.3. The van der Waals surface area contributed by atoms with E-state index in [1.165, 1.54) is 0 Å². The van der Waals surface area contributed by atoms with Gasteiger partial charge >= 0.3 is 5.97 Å². The van der Waals surface area contributed by atoms with Crippen molar-refractivity contribution in [3.8, 4) is 0 Å². The van der Waals surface area contributed by atoms with Gasteiger partial charge in [0, 0.05) is 25.0 Å². The molecule has 0 aromatic heterocycles. The molecule has 20 heavy (non-hydrogen) atoms. The number of rotatable bonds is 7. The first-order valence-corrected chi connectivity index (χ1v) is 7.63. The number of aliphatic carboxylic acids is 1. The number of hydrogen-bond acceptors (Lipinski definition) is 3. The van der Waals surface area contributed by atoms with Gasteiger partial charge in [0.15, 0.2) is 0 Å². The minimum absolute atomic E-state index is 0.00874. The van der Waals surface area contributed by atoms with Gasteiger partial charge in [0.05, 0.1) is 6.04 Å². The Morgan fingerprint density at radius 2 is 1.85 bits per heavy atom. The number of nitrogens with one attached hydrogen (secondary N) is 1. The van der Waals surface area contributed by atoms with Crippen LogP contribution in [0.5, 0.6) is 0 Å². The molecular formula is C15H28N2O3. The molecule has 1 saturated heterocycles. The predicted molar refractivity (Wildman–Crippen MR) is 78.5 cm³/mol. The Morgan fingerprint density at radius 3 is 2.30 bits per heavy atom. The zero-order valence-corrected chi connectivity index (χ0v) is 13.1. The van der Waals surface area contributed by atoms with Crippen LogP contribution in [-0.4, -0.2) is 46.6 Å². The van der Waals surface area contributed by atoms with Crippen LogP contribution in [0.4, 0.5) is 0 Å². The van der Waals surface area contributed by atoms with Gasteiger partial charge in [-0.15, -0.1) is 0 Å². The summed E-state index contributed by atoms with van der Waals surface area (Å²) in [5.74, 6) is -0.785. The van der Waals surface area contributed by atoms with Crippen molar-refractivity contribution in [2.45, 2.75) is 71.5 Å². The SMILES string of the molecule is CCC(CNC(=O)C(C)N1C(C)CCC1C)CC(=O)O. The molecule has 0 aromatic carbocycles. The van der Waals surface area contributed by atoms with Crippen LogP contribution >= 0.6 is 0 Å². The quantitative estimate of drug-likeness (QED) is 0.749. The van der Waals surface area contributed by atoms with Crippen LogP contribution in [0.2, 0.25) is 0 Å². The van der Waals surface area contributed by atoms with Crippen molar-refractivity contribution in [3.05, 3.63) is 0 Å². The van der Waals surface area contributed by atoms with E-state index in [2.05, 4.69) is 24.1 Å². The average molecular weight is 284 g/mol. The molecule has 4 atom stereocenters. The molecule has 5 heteroatoms. The summed E-state index contributed by atoms with van der Waals surface area (Å²) in [6, 6.07) is 0.725. The molecule has 0 bridgehead atoms. The molecule has 1 heterocycles. The average Bonchev–Trinajstić information content (AvgIpc) is 2.72. The molecule has 5 nitrogen and oxygen atoms in total. The second kappa shape index (κ2) is 7.62. The largest absolute Gasteiger partial charge is 0.481 e. The lowest BCUT2D eigenvalue weighted by Gasteiger charge is -2.31. The molecule has 0 aliphatic carbocycles. The monoisotopic (exact) mass is 284 g/mol. The van der Waals surface area contributed by atoms with Crippen molar-refractivity contribution in [1.29, 1.82) is 0 Å². The summed E-state index contributed by atoms with van der Waals surface area (Å²) < 4.78 is 0. The van der Waals surface area contributed by atoms with Crippen molar-refractivity contribution in [1.82, 2.24) is 10.2 Å². The highest BCUT2D eigenvalue weighted by atomic mass is 16.4. The summed E-state index contributed by atoms with van der Waals surface area (Å²) in [4.78, 5) is 25.2. The third-order valence-electron chi connectivity index (χ3n) is 4.45. The highest BCUT2D eigenvalue weighted by Crippen LogP contribution is 2.25. The number of hydrogen-bond donors (Lipinski definition) is 2. The van der Waals surface area contributed by atoms with Crippen LogP contribution in [0.15, 0.2) is 0 Å². The van der Waals surface area contributed by atoms with Gasteiger partial charge in [-0.2, -0.15) is 0 Å². The molecule has 1 aliphatic heterocycles. The Balaban J connectivity index is 2.47. The van der Waals surface area contributed by atoms with Gasteiger partial charge in [-0.3, -0.25) is 14.5 Å². The molecule has 2 N–H and O–H groups in total. The van der Waals surface area contributed by atoms with E-state index in [0.29, 0.717) is 18.6 Å². The predicted octanol–water partition coefficient (Wildman–Crippen LogP) is 1.86. The van der Waals surface area contributed by atoms with Gasteiger partial charge < -0.3 is 10.4 Å². The van der Waals surface area contributed by atoms with Crippen molar-refractivity contribution < 1.29 is 14.7 Å². The lowest BCUT2D eigenvalue weighted by molar-refractivity contribution is -0.138. The van der Waals surface area contributed by atoms with Gasteiger partial charge in [-0.1, -0.05) is 13.3 Å². The topological polar surface area (TPSA) is 69.6 Å². The number of carboxylic acid groups (broad SMARTS) is 1. The van der Waals surface area contributed by atoms with Gasteiger partial charge in [0.2, 0.25) is 5.91 Å². The Hall–Kier alpha value is -1.10. The van der Waals surface area contributed by atoms with Crippen molar-refractivity contribution >= 4 is 11.9 Å². The van der Waals surface area contributed by atoms with E-state index in [1.54, 1.807) is 0 Å². The van der Waals surface area contributed by atoms with E-state index >= 15 is 0 Å². The first kappa shape index (κ1) is 17.0. The summed E-state index contributed by atoms with van der Waals surface area (Å²) in [5, 5.41) is 11.7. The van der Waals surface area contributed by atoms with Gasteiger partial charge in [-0.05, 0) is 39.5 Å². The summed E-state index contributed by atoms with van der Waals surface area (Å²) in [5.41, 5.74) is 0. The lowest BCUT2D eigenvalue weighted by atomic mass is 10.0. The maximum Gasteiger partial charge on any atom is 0.303 e.